The van der Waals surface area contributed by atoms with Crippen LogP contribution in [0.3, 0.4) is 0 Å². The van der Waals surface area contributed by atoms with Crippen LogP contribution in [0.1, 0.15) is 47.4 Å². The van der Waals surface area contributed by atoms with Crippen molar-refractivity contribution in [1.29, 1.82) is 0 Å². The zero-order chi connectivity index (χ0) is 35.3. The highest BCUT2D eigenvalue weighted by Gasteiger charge is 2.44. The summed E-state index contributed by atoms with van der Waals surface area (Å²) in [7, 11) is 0. The zero-order valence-corrected chi connectivity index (χ0v) is 30.2. The minimum absolute atomic E-state index is 0.311. The van der Waals surface area contributed by atoms with Crippen LogP contribution >= 0.6 is 0 Å². The molecule has 6 aromatic carbocycles. The highest BCUT2D eigenvalue weighted by molar-refractivity contribution is 6.10. The lowest BCUT2D eigenvalue weighted by atomic mass is 9.81. The fraction of sp³-hybridized carbons (Fsp3) is 0.154. The second-order valence-corrected chi connectivity index (χ2v) is 15.8. The van der Waals surface area contributed by atoms with Gasteiger partial charge in [-0.2, -0.15) is 0 Å². The second kappa shape index (κ2) is 11.7. The van der Waals surface area contributed by atoms with E-state index in [2.05, 4.69) is 179 Å². The Labute approximate surface area is 316 Å². The Morgan fingerprint density at radius 2 is 1.44 bits per heavy atom. The van der Waals surface area contributed by atoms with Crippen LogP contribution in [0.15, 0.2) is 175 Å². The number of hydrogen-bond acceptors (Lipinski definition) is 1. The van der Waals surface area contributed by atoms with Gasteiger partial charge in [0.15, 0.2) is 0 Å². The van der Waals surface area contributed by atoms with Crippen molar-refractivity contribution in [3.63, 3.8) is 0 Å². The third kappa shape index (κ3) is 4.34. The van der Waals surface area contributed by atoms with Gasteiger partial charge in [-0.25, -0.2) is 0 Å². The molecule has 0 N–H and O–H groups in total. The highest BCUT2D eigenvalue weighted by Crippen LogP contribution is 2.53. The van der Waals surface area contributed by atoms with Crippen LogP contribution in [-0.4, -0.2) is 16.7 Å². The molecule has 0 amide bonds. The van der Waals surface area contributed by atoms with Gasteiger partial charge in [0.1, 0.15) is 0 Å². The number of fused-ring (bicyclic) bond motifs is 9. The molecule has 54 heavy (non-hydrogen) atoms. The van der Waals surface area contributed by atoms with E-state index >= 15 is 0 Å². The molecular weight excluding hydrogens is 653 g/mol. The molecule has 4 aliphatic carbocycles. The molecule has 0 saturated carbocycles. The topological polar surface area (TPSA) is 8.17 Å². The van der Waals surface area contributed by atoms with Gasteiger partial charge in [0.25, 0.3) is 0 Å². The molecule has 1 aromatic heterocycles. The van der Waals surface area contributed by atoms with E-state index in [0.29, 0.717) is 23.9 Å². The number of anilines is 1. The maximum Gasteiger partial charge on any atom is 0.0583 e. The van der Waals surface area contributed by atoms with Gasteiger partial charge in [0, 0.05) is 34.0 Å². The quantitative estimate of drug-likeness (QED) is 0.178. The van der Waals surface area contributed by atoms with Crippen LogP contribution in [0.2, 0.25) is 0 Å². The van der Waals surface area contributed by atoms with Crippen molar-refractivity contribution in [2.45, 2.75) is 43.7 Å². The van der Waals surface area contributed by atoms with Crippen molar-refractivity contribution in [1.82, 2.24) is 4.57 Å². The maximum atomic E-state index is 2.68. The van der Waals surface area contributed by atoms with E-state index in [-0.39, 0.29) is 0 Å². The molecule has 2 heterocycles. The van der Waals surface area contributed by atoms with Gasteiger partial charge in [-0.3, -0.25) is 0 Å². The van der Waals surface area contributed by atoms with Crippen LogP contribution in [0.5, 0.6) is 0 Å². The molecule has 0 spiro atoms. The van der Waals surface area contributed by atoms with E-state index < -0.39 is 0 Å². The molecule has 2 heteroatoms. The van der Waals surface area contributed by atoms with Crippen molar-refractivity contribution in [2.24, 2.45) is 5.92 Å². The summed E-state index contributed by atoms with van der Waals surface area (Å²) in [5.41, 5.74) is 19.5. The van der Waals surface area contributed by atoms with Crippen LogP contribution in [-0.2, 0) is 6.42 Å². The summed E-state index contributed by atoms with van der Waals surface area (Å²) in [5.74, 6) is 0.879. The highest BCUT2D eigenvalue weighted by atomic mass is 15.2. The first-order chi connectivity index (χ1) is 26.8. The lowest BCUT2D eigenvalue weighted by molar-refractivity contribution is 0.625. The minimum Gasteiger partial charge on any atom is -0.357 e. The Bertz CT molecular complexity index is 2810. The molecule has 2 nitrogen and oxygen atoms in total. The van der Waals surface area contributed by atoms with Gasteiger partial charge in [-0.15, -0.1) is 0 Å². The first-order valence-corrected chi connectivity index (χ1v) is 19.8. The maximum absolute atomic E-state index is 2.68. The van der Waals surface area contributed by atoms with Gasteiger partial charge in [-0.1, -0.05) is 134 Å². The summed E-state index contributed by atoms with van der Waals surface area (Å²) in [4.78, 5) is 2.68. The van der Waals surface area contributed by atoms with E-state index in [4.69, 9.17) is 0 Å². The first kappa shape index (κ1) is 30.4. The van der Waals surface area contributed by atoms with Gasteiger partial charge < -0.3 is 9.47 Å². The third-order valence-electron chi connectivity index (χ3n) is 13.1. The Hall–Kier alpha value is -6.12. The molecule has 5 aliphatic rings. The van der Waals surface area contributed by atoms with Gasteiger partial charge in [0.05, 0.1) is 23.1 Å². The molecule has 4 unspecified atom stereocenters. The van der Waals surface area contributed by atoms with Gasteiger partial charge >= 0.3 is 0 Å². The second-order valence-electron chi connectivity index (χ2n) is 15.8. The van der Waals surface area contributed by atoms with E-state index in [1.54, 1.807) is 11.1 Å². The molecule has 1 saturated heterocycles. The Balaban J connectivity index is 0.949. The first-order valence-electron chi connectivity index (χ1n) is 19.8. The molecule has 7 aromatic rings. The molecule has 4 atom stereocenters. The number of hydrogen-bond donors (Lipinski definition) is 0. The fourth-order valence-electron chi connectivity index (χ4n) is 10.9. The molecule has 0 bridgehead atoms. The largest absolute Gasteiger partial charge is 0.357 e. The Morgan fingerprint density at radius 3 is 2.41 bits per heavy atom. The number of para-hydroxylation sites is 1. The zero-order valence-electron chi connectivity index (χ0n) is 30.2. The average Bonchev–Trinajstić information content (AvgIpc) is 3.87. The average molecular weight is 693 g/mol. The summed E-state index contributed by atoms with van der Waals surface area (Å²) in [6.07, 6.45) is 18.9. The standard InChI is InChI=1S/C52H40N2/c1-2-12-33(13-3-1)34-14-10-15-37(30-34)53-47-22-8-6-18-40(47)45-31-35(24-27-50(45)53)36-25-28-51-46(32-36)41-19-7-9-23-48(41)54(51)49-29-26-43-39-17-5-4-16-38(39)42-20-11-21-44(49)52(42)43/h1-10,12-19,22-26,28-32,40,42,47,50H,11,20-21,27H2. The summed E-state index contributed by atoms with van der Waals surface area (Å²) >= 11 is 0. The summed E-state index contributed by atoms with van der Waals surface area (Å²) in [5, 5.41) is 2.66. The Kier molecular flexibility index (Phi) is 6.57. The van der Waals surface area contributed by atoms with Crippen LogP contribution in [0.4, 0.5) is 5.69 Å². The lowest BCUT2D eigenvalue weighted by Gasteiger charge is -2.33. The van der Waals surface area contributed by atoms with Gasteiger partial charge in [0.2, 0.25) is 0 Å². The normalized spacial score (nSPS) is 21.8. The van der Waals surface area contributed by atoms with Crippen LogP contribution < -0.4 is 4.90 Å². The predicted octanol–water partition coefficient (Wildman–Crippen LogP) is 12.6. The van der Waals surface area contributed by atoms with Crippen molar-refractivity contribution in [3.8, 4) is 27.9 Å². The molecular formula is C52H40N2. The van der Waals surface area contributed by atoms with Crippen molar-refractivity contribution in [3.05, 3.63) is 198 Å². The SMILES string of the molecule is C1=CC2C3=CC(c4ccc5c(c4)c4ccccc4n5-c4ccc5c6c4CCCC6c4ccccc4-5)=CCC3N(c3cccc(-c4ccccc4)c3)C2C=C1. The molecule has 12 rings (SSSR count). The van der Waals surface area contributed by atoms with Crippen molar-refractivity contribution in [2.75, 3.05) is 4.90 Å². The number of aromatic nitrogens is 1. The number of rotatable bonds is 4. The minimum atomic E-state index is 0.311. The van der Waals surface area contributed by atoms with Gasteiger partial charge in [-0.05, 0) is 118 Å². The molecule has 258 valence electrons. The van der Waals surface area contributed by atoms with E-state index in [1.165, 1.54) is 90.5 Å². The summed E-state index contributed by atoms with van der Waals surface area (Å²) < 4.78 is 2.57. The molecule has 0 radical (unpaired) electrons. The lowest BCUT2D eigenvalue weighted by Crippen LogP contribution is -2.37. The van der Waals surface area contributed by atoms with Crippen LogP contribution in [0.25, 0.3) is 55.3 Å². The summed E-state index contributed by atoms with van der Waals surface area (Å²) in [6, 6.07) is 50.8. The van der Waals surface area contributed by atoms with Crippen molar-refractivity contribution < 1.29 is 0 Å². The number of benzene rings is 6. The van der Waals surface area contributed by atoms with E-state index in [0.717, 1.165) is 12.8 Å². The summed E-state index contributed by atoms with van der Waals surface area (Å²) in [6.45, 7) is 0. The Morgan fingerprint density at radius 1 is 0.611 bits per heavy atom. The van der Waals surface area contributed by atoms with E-state index in [9.17, 15) is 0 Å². The number of nitrogens with zero attached hydrogens (tertiary/aromatic N) is 2. The van der Waals surface area contributed by atoms with Crippen molar-refractivity contribution >= 4 is 33.1 Å². The third-order valence-corrected chi connectivity index (χ3v) is 13.1. The molecule has 1 fully saturated rings. The van der Waals surface area contributed by atoms with Crippen LogP contribution in [0, 0.1) is 5.92 Å². The fourth-order valence-corrected chi connectivity index (χ4v) is 10.9. The smallest absolute Gasteiger partial charge is 0.0583 e. The molecule has 1 aliphatic heterocycles. The number of allylic oxidation sites excluding steroid dienone is 4. The van der Waals surface area contributed by atoms with E-state index in [1.807, 2.05) is 0 Å². The predicted molar refractivity (Wildman–Crippen MR) is 225 cm³/mol. The monoisotopic (exact) mass is 692 g/mol.